The van der Waals surface area contributed by atoms with Gasteiger partial charge in [0.1, 0.15) is 6.04 Å². The average Bonchev–Trinajstić information content (AvgIpc) is 3.28. The molecule has 0 unspecified atom stereocenters. The van der Waals surface area contributed by atoms with Crippen LogP contribution in [0, 0.1) is 0 Å². The van der Waals surface area contributed by atoms with Crippen molar-refractivity contribution in [3.63, 3.8) is 0 Å². The van der Waals surface area contributed by atoms with Crippen LogP contribution in [0.25, 0.3) is 5.70 Å². The molecule has 3 aromatic rings. The first kappa shape index (κ1) is 16.1. The molecule has 7 nitrogen and oxygen atoms in total. The molecule has 1 N–H and O–H groups in total. The first-order chi connectivity index (χ1) is 12.2. The minimum absolute atomic E-state index is 0.216. The standard InChI is InChI=1S/C16H14BrN5O2S/c1-23-12-5-3-4-9(15(12)24-2)11-8-10(13-6-7-14(17)25-13)18-16-19-20-21-22(11)16/h3-8,11H,1-2H3,(H,18,19,21)/t11-/m1/s1. The van der Waals surface area contributed by atoms with E-state index in [1.165, 1.54) is 0 Å². The summed E-state index contributed by atoms with van der Waals surface area (Å²) in [5.41, 5.74) is 1.87. The maximum Gasteiger partial charge on any atom is 0.248 e. The van der Waals surface area contributed by atoms with E-state index in [0.29, 0.717) is 17.4 Å². The van der Waals surface area contributed by atoms with E-state index < -0.39 is 0 Å². The molecule has 128 valence electrons. The van der Waals surface area contributed by atoms with Gasteiger partial charge in [-0.1, -0.05) is 17.2 Å². The van der Waals surface area contributed by atoms with Gasteiger partial charge in [0.15, 0.2) is 11.5 Å². The summed E-state index contributed by atoms with van der Waals surface area (Å²) in [6.07, 6.45) is 2.08. The first-order valence-corrected chi connectivity index (χ1v) is 9.05. The van der Waals surface area contributed by atoms with Crippen LogP contribution >= 0.6 is 27.3 Å². The number of ether oxygens (including phenoxy) is 2. The minimum atomic E-state index is -0.216. The Hall–Kier alpha value is -2.39. The zero-order valence-electron chi connectivity index (χ0n) is 13.4. The van der Waals surface area contributed by atoms with Crippen molar-refractivity contribution in [2.45, 2.75) is 6.04 Å². The number of halogens is 1. The molecule has 1 atom stereocenters. The molecule has 0 aliphatic carbocycles. The van der Waals surface area contributed by atoms with Crippen LogP contribution in [0.15, 0.2) is 40.2 Å². The molecule has 9 heteroatoms. The van der Waals surface area contributed by atoms with Crippen LogP contribution in [0.1, 0.15) is 16.5 Å². The van der Waals surface area contributed by atoms with Crippen LogP contribution in [0.2, 0.25) is 0 Å². The fourth-order valence-corrected chi connectivity index (χ4v) is 4.19. The number of allylic oxidation sites excluding steroid dienone is 1. The van der Waals surface area contributed by atoms with E-state index in [9.17, 15) is 0 Å². The number of methoxy groups -OCH3 is 2. The Kier molecular flexibility index (Phi) is 4.18. The summed E-state index contributed by atoms with van der Waals surface area (Å²) in [7, 11) is 3.25. The molecule has 0 fully saturated rings. The molecule has 25 heavy (non-hydrogen) atoms. The molecule has 4 rings (SSSR count). The van der Waals surface area contributed by atoms with Gasteiger partial charge in [-0.2, -0.15) is 4.68 Å². The van der Waals surface area contributed by atoms with Crippen molar-refractivity contribution in [1.29, 1.82) is 0 Å². The largest absolute Gasteiger partial charge is 0.493 e. The predicted octanol–water partition coefficient (Wildman–Crippen LogP) is 3.57. The summed E-state index contributed by atoms with van der Waals surface area (Å²) >= 11 is 5.14. The van der Waals surface area contributed by atoms with Gasteiger partial charge in [-0.25, -0.2) is 0 Å². The second-order valence-electron chi connectivity index (χ2n) is 5.28. The average molecular weight is 420 g/mol. The fourth-order valence-electron chi connectivity index (χ4n) is 2.82. The number of aromatic nitrogens is 4. The van der Waals surface area contributed by atoms with Gasteiger partial charge in [0.05, 0.1) is 28.6 Å². The lowest BCUT2D eigenvalue weighted by Crippen LogP contribution is -2.20. The van der Waals surface area contributed by atoms with Gasteiger partial charge >= 0.3 is 0 Å². The van der Waals surface area contributed by atoms with Gasteiger partial charge in [0, 0.05) is 5.56 Å². The van der Waals surface area contributed by atoms with Crippen molar-refractivity contribution in [3.8, 4) is 11.5 Å². The predicted molar refractivity (Wildman–Crippen MR) is 99.1 cm³/mol. The highest BCUT2D eigenvalue weighted by atomic mass is 79.9. The summed E-state index contributed by atoms with van der Waals surface area (Å²) in [6.45, 7) is 0. The van der Waals surface area contributed by atoms with Crippen LogP contribution in [-0.2, 0) is 0 Å². The SMILES string of the molecule is COc1cccc([C@H]2C=C(c3ccc(Br)s3)Nc3nnnn32)c1OC. The molecule has 1 aliphatic rings. The maximum atomic E-state index is 5.60. The van der Waals surface area contributed by atoms with E-state index in [1.54, 1.807) is 30.2 Å². The van der Waals surface area contributed by atoms with E-state index in [1.807, 2.05) is 30.3 Å². The quantitative estimate of drug-likeness (QED) is 0.696. The van der Waals surface area contributed by atoms with Crippen LogP contribution in [0.3, 0.4) is 0 Å². The highest BCUT2D eigenvalue weighted by Gasteiger charge is 2.28. The molecule has 1 aromatic carbocycles. The Morgan fingerprint density at radius 1 is 1.20 bits per heavy atom. The molecule has 0 spiro atoms. The lowest BCUT2D eigenvalue weighted by atomic mass is 10.0. The van der Waals surface area contributed by atoms with Gasteiger partial charge in [-0.15, -0.1) is 11.3 Å². The van der Waals surface area contributed by atoms with Crippen LogP contribution < -0.4 is 14.8 Å². The molecule has 3 heterocycles. The zero-order chi connectivity index (χ0) is 17.4. The van der Waals surface area contributed by atoms with Crippen molar-refractivity contribution < 1.29 is 9.47 Å². The van der Waals surface area contributed by atoms with Crippen LogP contribution in [0.5, 0.6) is 11.5 Å². The number of nitrogens with one attached hydrogen (secondary N) is 1. The summed E-state index contributed by atoms with van der Waals surface area (Å²) in [5, 5.41) is 15.3. The van der Waals surface area contributed by atoms with Crippen molar-refractivity contribution in [2.24, 2.45) is 0 Å². The summed E-state index contributed by atoms with van der Waals surface area (Å²) in [6, 6.07) is 9.63. The Labute approximate surface area is 156 Å². The van der Waals surface area contributed by atoms with Crippen molar-refractivity contribution in [3.05, 3.63) is 50.6 Å². The number of rotatable bonds is 4. The van der Waals surface area contributed by atoms with Crippen LogP contribution in [0.4, 0.5) is 5.95 Å². The second kappa shape index (κ2) is 6.49. The molecule has 0 amide bonds. The number of hydrogen-bond acceptors (Lipinski definition) is 7. The van der Waals surface area contributed by atoms with E-state index in [2.05, 4.69) is 42.8 Å². The number of fused-ring (bicyclic) bond motifs is 1. The Bertz CT molecular complexity index is 952. The van der Waals surface area contributed by atoms with Crippen LogP contribution in [-0.4, -0.2) is 34.4 Å². The Morgan fingerprint density at radius 2 is 2.08 bits per heavy atom. The van der Waals surface area contributed by atoms with E-state index >= 15 is 0 Å². The number of nitrogens with zero attached hydrogens (tertiary/aromatic N) is 4. The molecular formula is C16H14BrN5O2S. The van der Waals surface area contributed by atoms with E-state index in [-0.39, 0.29) is 6.04 Å². The second-order valence-corrected chi connectivity index (χ2v) is 7.75. The highest BCUT2D eigenvalue weighted by molar-refractivity contribution is 9.11. The normalized spacial score (nSPS) is 16.0. The van der Waals surface area contributed by atoms with Gasteiger partial charge in [0.25, 0.3) is 0 Å². The number of benzene rings is 1. The minimum Gasteiger partial charge on any atom is -0.493 e. The zero-order valence-corrected chi connectivity index (χ0v) is 15.8. The van der Waals surface area contributed by atoms with Crippen molar-refractivity contribution in [2.75, 3.05) is 19.5 Å². The molecule has 0 saturated heterocycles. The summed E-state index contributed by atoms with van der Waals surface area (Å²) in [4.78, 5) is 1.09. The first-order valence-electron chi connectivity index (χ1n) is 7.44. The summed E-state index contributed by atoms with van der Waals surface area (Å²) in [5.74, 6) is 1.92. The highest BCUT2D eigenvalue weighted by Crippen LogP contribution is 2.41. The number of tetrazole rings is 1. The Balaban J connectivity index is 1.87. The monoisotopic (exact) mass is 419 g/mol. The van der Waals surface area contributed by atoms with Crippen molar-refractivity contribution >= 4 is 38.9 Å². The van der Waals surface area contributed by atoms with Gasteiger partial charge in [0.2, 0.25) is 5.95 Å². The molecule has 1 aliphatic heterocycles. The third-order valence-corrected chi connectivity index (χ3v) is 5.57. The number of anilines is 1. The van der Waals surface area contributed by atoms with Gasteiger partial charge in [-0.05, 0) is 50.6 Å². The van der Waals surface area contributed by atoms with E-state index in [4.69, 9.17) is 9.47 Å². The Morgan fingerprint density at radius 3 is 2.80 bits per heavy atom. The topological polar surface area (TPSA) is 74.1 Å². The maximum absolute atomic E-state index is 5.60. The lowest BCUT2D eigenvalue weighted by Gasteiger charge is -2.24. The smallest absolute Gasteiger partial charge is 0.248 e. The number of para-hydroxylation sites is 1. The van der Waals surface area contributed by atoms with Gasteiger partial charge in [-0.3, -0.25) is 0 Å². The molecular weight excluding hydrogens is 406 g/mol. The third-order valence-electron chi connectivity index (χ3n) is 3.92. The lowest BCUT2D eigenvalue weighted by molar-refractivity contribution is 0.348. The number of thiophene rings is 1. The molecule has 2 aromatic heterocycles. The molecule has 0 radical (unpaired) electrons. The molecule has 0 bridgehead atoms. The fraction of sp³-hybridized carbons (Fsp3) is 0.188. The van der Waals surface area contributed by atoms with Crippen molar-refractivity contribution in [1.82, 2.24) is 20.2 Å². The molecule has 0 saturated carbocycles. The third kappa shape index (κ3) is 2.79. The number of hydrogen-bond donors (Lipinski definition) is 1. The van der Waals surface area contributed by atoms with E-state index in [0.717, 1.165) is 19.9 Å². The van der Waals surface area contributed by atoms with Gasteiger partial charge < -0.3 is 14.8 Å². The summed E-state index contributed by atoms with van der Waals surface area (Å²) < 4.78 is 13.8.